The molecule has 1 unspecified atom stereocenters. The number of carbonyl (C=O) groups is 2. The zero-order valence-electron chi connectivity index (χ0n) is 35.8. The number of carbonyl (C=O) groups excluding carboxylic acids is 2. The highest BCUT2D eigenvalue weighted by atomic mass is 32.2. The Morgan fingerprint density at radius 2 is 1.59 bits per heavy atom. The molecule has 2 amide bonds. The number of anilines is 4. The number of piperazine rings is 1. The maximum absolute atomic E-state index is 15.3. The number of alkyl halides is 1. The zero-order chi connectivity index (χ0) is 46.1. The molecule has 0 aliphatic carbocycles. The van der Waals surface area contributed by atoms with Gasteiger partial charge in [0.15, 0.2) is 11.6 Å². The summed E-state index contributed by atoms with van der Waals surface area (Å²) in [5, 5.41) is 15.5. The van der Waals surface area contributed by atoms with Gasteiger partial charge in [0, 0.05) is 76.7 Å². The predicted octanol–water partition coefficient (Wildman–Crippen LogP) is 5.28. The quantitative estimate of drug-likeness (QED) is 0.138. The van der Waals surface area contributed by atoms with Gasteiger partial charge in [0.05, 0.1) is 28.0 Å². The van der Waals surface area contributed by atoms with Crippen molar-refractivity contribution < 1.29 is 35.9 Å². The third kappa shape index (κ3) is 9.50. The lowest BCUT2D eigenvalue weighted by molar-refractivity contribution is -0.133. The zero-order valence-corrected chi connectivity index (χ0v) is 36.6. The van der Waals surface area contributed by atoms with Gasteiger partial charge in [-0.25, -0.2) is 18.2 Å². The maximum atomic E-state index is 15.3. The third-order valence-electron chi connectivity index (χ3n) is 12.7. The average molecular weight is 925 g/mol. The number of imide groups is 1. The number of benzene rings is 4. The first-order valence-electron chi connectivity index (χ1n) is 21.9. The van der Waals surface area contributed by atoms with Crippen LogP contribution in [0.3, 0.4) is 0 Å². The molecule has 344 valence electrons. The standard InChI is InChI=1S/C46H47F3N10O6S/c47-30-15-18-58(27-30)66(63,64)54-40-9-7-37(48)44(36(40)25-50)65-34-6-8-39-35(24-34)46(62)59(28-51-39)33-4-2-32(3-5-33)56-21-19-55(20-22-56)26-29-13-16-57(17-14-29)42-11-1-31(23-38(42)49)52-41-10-12-43(60)53-45(41)61/h1-9,11,23-24,28-30,41,52,54H,10,12-22,26-27H2,(H,53,60,61)/t30-,41?/m1/s1. The summed E-state index contributed by atoms with van der Waals surface area (Å²) >= 11 is 0. The molecule has 9 rings (SSSR count). The fourth-order valence-electron chi connectivity index (χ4n) is 9.05. The van der Waals surface area contributed by atoms with E-state index in [1.807, 2.05) is 24.3 Å². The number of hydrogen-bond acceptors (Lipinski definition) is 12. The number of nitrogens with zero attached hydrogens (tertiary/aromatic N) is 7. The van der Waals surface area contributed by atoms with Crippen molar-refractivity contribution in [2.45, 2.75) is 44.3 Å². The molecule has 5 aromatic rings. The summed E-state index contributed by atoms with van der Waals surface area (Å²) in [5.41, 5.74) is 1.88. The number of halogens is 3. The lowest BCUT2D eigenvalue weighted by Crippen LogP contribution is -2.49. The minimum Gasteiger partial charge on any atom is -0.453 e. The highest BCUT2D eigenvalue weighted by molar-refractivity contribution is 7.90. The van der Waals surface area contributed by atoms with E-state index in [0.717, 1.165) is 80.8 Å². The summed E-state index contributed by atoms with van der Waals surface area (Å²) in [6.45, 7) is 5.49. The summed E-state index contributed by atoms with van der Waals surface area (Å²) in [6, 6.07) is 20.1. The van der Waals surface area contributed by atoms with Gasteiger partial charge in [0.25, 0.3) is 5.56 Å². The van der Waals surface area contributed by atoms with Gasteiger partial charge < -0.3 is 19.9 Å². The molecule has 4 aromatic carbocycles. The van der Waals surface area contributed by atoms with Crippen LogP contribution < -0.4 is 35.5 Å². The van der Waals surface area contributed by atoms with Crippen molar-refractivity contribution in [1.82, 2.24) is 24.1 Å². The van der Waals surface area contributed by atoms with Crippen molar-refractivity contribution >= 4 is 55.7 Å². The van der Waals surface area contributed by atoms with Crippen LogP contribution in [0.5, 0.6) is 11.5 Å². The number of fused-ring (bicyclic) bond motifs is 1. The van der Waals surface area contributed by atoms with E-state index in [2.05, 4.69) is 35.0 Å². The second kappa shape index (κ2) is 18.7. The molecule has 20 heteroatoms. The first-order valence-corrected chi connectivity index (χ1v) is 23.3. The van der Waals surface area contributed by atoms with Crippen LogP contribution in [0.4, 0.5) is 35.9 Å². The van der Waals surface area contributed by atoms with Crippen molar-refractivity contribution in [3.63, 3.8) is 0 Å². The van der Waals surface area contributed by atoms with Crippen LogP contribution in [-0.4, -0.2) is 110 Å². The molecule has 0 radical (unpaired) electrons. The highest BCUT2D eigenvalue weighted by Gasteiger charge is 2.33. The topological polar surface area (TPSA) is 185 Å². The molecule has 0 spiro atoms. The second-order valence-electron chi connectivity index (χ2n) is 17.0. The Kier molecular flexibility index (Phi) is 12.6. The van der Waals surface area contributed by atoms with Gasteiger partial charge in [-0.15, -0.1) is 0 Å². The molecule has 66 heavy (non-hydrogen) atoms. The van der Waals surface area contributed by atoms with Crippen molar-refractivity contribution in [2.75, 3.05) is 78.7 Å². The van der Waals surface area contributed by atoms with Crippen LogP contribution in [0.2, 0.25) is 0 Å². The van der Waals surface area contributed by atoms with Crippen molar-refractivity contribution in [2.24, 2.45) is 5.92 Å². The van der Waals surface area contributed by atoms with E-state index in [0.29, 0.717) is 34.9 Å². The van der Waals surface area contributed by atoms with E-state index >= 15 is 8.78 Å². The van der Waals surface area contributed by atoms with Crippen LogP contribution in [-0.2, 0) is 19.8 Å². The summed E-state index contributed by atoms with van der Waals surface area (Å²) in [5.74, 6) is -2.04. The summed E-state index contributed by atoms with van der Waals surface area (Å²) in [7, 11) is -4.24. The molecule has 4 aliphatic rings. The van der Waals surface area contributed by atoms with Gasteiger partial charge in [-0.3, -0.25) is 33.9 Å². The van der Waals surface area contributed by atoms with Crippen LogP contribution in [0.15, 0.2) is 83.9 Å². The fraction of sp³-hybridized carbons (Fsp3) is 0.370. The third-order valence-corrected chi connectivity index (χ3v) is 14.2. The Bertz CT molecular complexity index is 2880. The van der Waals surface area contributed by atoms with Gasteiger partial charge in [-0.05, 0) is 104 Å². The van der Waals surface area contributed by atoms with E-state index in [4.69, 9.17) is 4.74 Å². The fourth-order valence-corrected chi connectivity index (χ4v) is 10.3. The Hall–Kier alpha value is -6.69. The van der Waals surface area contributed by atoms with Crippen molar-refractivity contribution in [1.29, 1.82) is 5.26 Å². The Labute approximate surface area is 378 Å². The van der Waals surface area contributed by atoms with Crippen LogP contribution in [0.25, 0.3) is 16.6 Å². The first-order chi connectivity index (χ1) is 31.8. The van der Waals surface area contributed by atoms with Crippen LogP contribution in [0.1, 0.15) is 37.7 Å². The van der Waals surface area contributed by atoms with E-state index in [9.17, 15) is 32.5 Å². The minimum absolute atomic E-state index is 0.00918. The Morgan fingerprint density at radius 1 is 0.833 bits per heavy atom. The molecule has 0 bridgehead atoms. The van der Waals surface area contributed by atoms with E-state index in [-0.39, 0.29) is 54.5 Å². The monoisotopic (exact) mass is 924 g/mol. The Balaban J connectivity index is 0.788. The minimum atomic E-state index is -4.24. The molecule has 4 fully saturated rings. The van der Waals surface area contributed by atoms with Crippen molar-refractivity contribution in [3.8, 4) is 23.3 Å². The normalized spacial score (nSPS) is 20.0. The highest BCUT2D eigenvalue weighted by Crippen LogP contribution is 2.35. The van der Waals surface area contributed by atoms with Gasteiger partial charge in [0.2, 0.25) is 11.8 Å². The molecule has 1 aromatic heterocycles. The number of ether oxygens (including phenoxy) is 1. The first kappa shape index (κ1) is 44.5. The molecule has 4 saturated heterocycles. The number of amides is 2. The van der Waals surface area contributed by atoms with Crippen LogP contribution >= 0.6 is 0 Å². The summed E-state index contributed by atoms with van der Waals surface area (Å²) in [6.07, 6.45) is 2.65. The molecule has 2 atom stereocenters. The van der Waals surface area contributed by atoms with E-state index < -0.39 is 51.0 Å². The molecule has 4 aliphatic heterocycles. The number of rotatable bonds is 12. The predicted molar refractivity (Wildman–Crippen MR) is 242 cm³/mol. The number of hydrogen-bond donors (Lipinski definition) is 3. The Morgan fingerprint density at radius 3 is 2.29 bits per heavy atom. The summed E-state index contributed by atoms with van der Waals surface area (Å²) < 4.78 is 80.3. The number of nitrogens with one attached hydrogen (secondary N) is 3. The average Bonchev–Trinajstić information content (AvgIpc) is 3.77. The maximum Gasteiger partial charge on any atom is 0.301 e. The van der Waals surface area contributed by atoms with Gasteiger partial charge in [-0.2, -0.15) is 18.0 Å². The second-order valence-corrected chi connectivity index (χ2v) is 18.7. The van der Waals surface area contributed by atoms with Gasteiger partial charge in [0.1, 0.15) is 41.7 Å². The SMILES string of the molecule is N#Cc1c(NS(=O)(=O)N2CC[C@@H](F)C2)ccc(F)c1Oc1ccc2ncn(-c3ccc(N4CCN(CC5CCN(c6ccc(NC7CCC(=O)NC7=O)cc6F)CC5)CC4)cc3)c(=O)c2c1. The molecule has 0 saturated carbocycles. The molecule has 5 heterocycles. The largest absolute Gasteiger partial charge is 0.453 e. The van der Waals surface area contributed by atoms with Crippen LogP contribution in [0, 0.1) is 28.9 Å². The van der Waals surface area contributed by atoms with E-state index in [1.165, 1.54) is 35.2 Å². The van der Waals surface area contributed by atoms with Gasteiger partial charge in [-0.1, -0.05) is 0 Å². The number of nitriles is 1. The van der Waals surface area contributed by atoms with Gasteiger partial charge >= 0.3 is 10.2 Å². The number of aromatic nitrogens is 2. The summed E-state index contributed by atoms with van der Waals surface area (Å²) in [4.78, 5) is 48.7. The van der Waals surface area contributed by atoms with Crippen molar-refractivity contribution in [3.05, 3.63) is 107 Å². The smallest absolute Gasteiger partial charge is 0.301 e. The lowest BCUT2D eigenvalue weighted by atomic mass is 9.95. The van der Waals surface area contributed by atoms with E-state index in [1.54, 1.807) is 18.2 Å². The molecule has 3 N–H and O–H groups in total. The lowest BCUT2D eigenvalue weighted by Gasteiger charge is -2.40. The number of piperidine rings is 2. The molecular formula is C46H47F3N10O6S. The molecular weight excluding hydrogens is 878 g/mol. The molecule has 16 nitrogen and oxygen atoms in total.